The molecule has 0 saturated carbocycles. The number of aryl methyl sites for hydroxylation is 1. The molecule has 3 nitrogen and oxygen atoms in total. The van der Waals surface area contributed by atoms with Gasteiger partial charge in [0.2, 0.25) is 0 Å². The van der Waals surface area contributed by atoms with Gasteiger partial charge in [0.25, 0.3) is 0 Å². The molecule has 0 bridgehead atoms. The van der Waals surface area contributed by atoms with E-state index in [1.165, 1.54) is 22.9 Å². The van der Waals surface area contributed by atoms with E-state index in [1.54, 1.807) is 12.7 Å². The lowest BCUT2D eigenvalue weighted by molar-refractivity contribution is 0.204. The van der Waals surface area contributed by atoms with Crippen molar-refractivity contribution < 1.29 is 9.15 Å². The summed E-state index contributed by atoms with van der Waals surface area (Å²) in [5.41, 5.74) is 5.30. The van der Waals surface area contributed by atoms with Crippen LogP contribution < -0.4 is 4.74 Å². The second-order valence-corrected chi connectivity index (χ2v) is 12.1. The Labute approximate surface area is 190 Å². The van der Waals surface area contributed by atoms with E-state index in [9.17, 15) is 0 Å². The Balaban J connectivity index is 1.64. The van der Waals surface area contributed by atoms with Crippen LogP contribution in [0.3, 0.4) is 0 Å². The summed E-state index contributed by atoms with van der Waals surface area (Å²) in [6, 6.07) is 15.6. The largest absolute Gasteiger partial charge is 0.493 e. The highest BCUT2D eigenvalue weighted by Crippen LogP contribution is 2.43. The van der Waals surface area contributed by atoms with Gasteiger partial charge in [0.15, 0.2) is 11.3 Å². The van der Waals surface area contributed by atoms with E-state index in [4.69, 9.17) is 9.15 Å². The Bertz CT molecular complexity index is 1040. The topological polar surface area (TPSA) is 25.6 Å². The predicted molar refractivity (Wildman–Crippen MR) is 135 cm³/mol. The number of hydrogen-bond acceptors (Lipinski definition) is 3. The Hall–Kier alpha value is -1.91. The predicted octanol–water partition coefficient (Wildman–Crippen LogP) is 6.49. The second-order valence-electron chi connectivity index (χ2n) is 9.47. The number of benzene rings is 2. The zero-order chi connectivity index (χ0) is 22.1. The van der Waals surface area contributed by atoms with Crippen molar-refractivity contribution in [3.05, 3.63) is 64.9 Å². The zero-order valence-corrected chi connectivity index (χ0v) is 20.7. The fourth-order valence-electron chi connectivity index (χ4n) is 5.27. The van der Waals surface area contributed by atoms with Gasteiger partial charge in [-0.15, -0.1) is 0 Å². The number of rotatable bonds is 6. The first-order chi connectivity index (χ1) is 14.9. The zero-order valence-electron chi connectivity index (χ0n) is 19.8. The van der Waals surface area contributed by atoms with Crippen LogP contribution in [0.25, 0.3) is 11.0 Å². The molecule has 0 aliphatic carbocycles. The van der Waals surface area contributed by atoms with Gasteiger partial charge in [-0.3, -0.25) is 15.8 Å². The molecule has 2 aromatic carbocycles. The van der Waals surface area contributed by atoms with Crippen LogP contribution >= 0.6 is 10.9 Å². The summed E-state index contributed by atoms with van der Waals surface area (Å²) in [4.78, 5) is 2.65. The Morgan fingerprint density at radius 2 is 1.94 bits per heavy atom. The highest BCUT2D eigenvalue weighted by Gasteiger charge is 2.33. The van der Waals surface area contributed by atoms with E-state index in [0.717, 1.165) is 42.0 Å². The summed E-state index contributed by atoms with van der Waals surface area (Å²) in [5.74, 6) is 2.92. The molecule has 1 aliphatic heterocycles. The normalized spacial score (nSPS) is 20.4. The lowest BCUT2D eigenvalue weighted by Crippen LogP contribution is -2.41. The summed E-state index contributed by atoms with van der Waals surface area (Å²) in [6.45, 7) is 9.90. The number of methoxy groups -OCH3 is 1. The lowest BCUT2D eigenvalue weighted by Gasteiger charge is -2.43. The molecule has 1 aromatic heterocycles. The van der Waals surface area contributed by atoms with Crippen molar-refractivity contribution in [2.75, 3.05) is 32.7 Å². The molecule has 0 spiro atoms. The first-order valence-corrected chi connectivity index (χ1v) is 13.7. The van der Waals surface area contributed by atoms with Gasteiger partial charge in [0.1, 0.15) is 5.76 Å². The summed E-state index contributed by atoms with van der Waals surface area (Å²) in [7, 11) is 1.73. The van der Waals surface area contributed by atoms with E-state index in [2.05, 4.69) is 73.7 Å². The van der Waals surface area contributed by atoms with Crippen LogP contribution in [0.2, 0.25) is 0 Å². The molecular weight excluding hydrogens is 402 g/mol. The van der Waals surface area contributed by atoms with Crippen LogP contribution in [0.4, 0.5) is 0 Å². The summed E-state index contributed by atoms with van der Waals surface area (Å²) in [5, 5.41) is 1.98. The Kier molecular flexibility index (Phi) is 6.68. The van der Waals surface area contributed by atoms with Gasteiger partial charge in [-0.2, -0.15) is 0 Å². The van der Waals surface area contributed by atoms with Crippen molar-refractivity contribution in [2.24, 2.45) is 0 Å². The van der Waals surface area contributed by atoms with Crippen LogP contribution in [-0.2, 0) is 6.54 Å². The molecule has 2 unspecified atom stereocenters. The molecule has 2 heterocycles. The number of thiol groups is 1. The summed E-state index contributed by atoms with van der Waals surface area (Å²) >= 11 is 0. The van der Waals surface area contributed by atoms with Crippen LogP contribution in [0.5, 0.6) is 5.75 Å². The summed E-state index contributed by atoms with van der Waals surface area (Å²) in [6.07, 6.45) is 6.20. The number of likely N-dealkylation sites (tertiary alicyclic amines) is 1. The fourth-order valence-corrected chi connectivity index (χ4v) is 6.87. The molecule has 2 atom stereocenters. The average Bonchev–Trinajstić information content (AvgIpc) is 3.15. The van der Waals surface area contributed by atoms with E-state index in [1.807, 2.05) is 6.92 Å². The number of hydrogen-bond donors (Lipinski definition) is 1. The van der Waals surface area contributed by atoms with Crippen molar-refractivity contribution in [1.29, 1.82) is 0 Å². The quantitative estimate of drug-likeness (QED) is 0.444. The Morgan fingerprint density at radius 1 is 1.16 bits per heavy atom. The molecule has 168 valence electrons. The smallest absolute Gasteiger partial charge is 0.176 e. The fraction of sp³-hybridized carbons (Fsp3) is 0.481. The second kappa shape index (κ2) is 9.30. The molecule has 4 heteroatoms. The third-order valence-electron chi connectivity index (χ3n) is 6.82. The minimum Gasteiger partial charge on any atom is -0.493 e. The molecule has 0 radical (unpaired) electrons. The van der Waals surface area contributed by atoms with Crippen molar-refractivity contribution >= 4 is 21.9 Å². The highest BCUT2D eigenvalue weighted by molar-refractivity contribution is 8.16. The highest BCUT2D eigenvalue weighted by atomic mass is 32.2. The molecule has 1 aliphatic rings. The molecule has 1 fully saturated rings. The standard InChI is InChI=1S/C27H37NO2S/c1-18(2)21-9-7-8-10-22(21)24-17-28(14-13-26(24)31(5)6)16-20-11-12-25(29-4)27-23(20)15-19(3)30-27/h7-12,15,18,24,26,31H,13-14,16-17H2,1-6H3. The Morgan fingerprint density at radius 3 is 2.65 bits per heavy atom. The molecule has 0 amide bonds. The monoisotopic (exact) mass is 439 g/mol. The van der Waals surface area contributed by atoms with E-state index >= 15 is 0 Å². The van der Waals surface area contributed by atoms with E-state index < -0.39 is 0 Å². The van der Waals surface area contributed by atoms with Gasteiger partial charge in [-0.05, 0) is 72.4 Å². The number of piperidine rings is 1. The first kappa shape index (κ1) is 22.3. The van der Waals surface area contributed by atoms with Crippen molar-refractivity contribution in [1.82, 2.24) is 4.90 Å². The minimum atomic E-state index is 0.0187. The van der Waals surface area contributed by atoms with Crippen LogP contribution in [0.15, 0.2) is 46.9 Å². The molecule has 1 saturated heterocycles. The number of furan rings is 1. The first-order valence-electron chi connectivity index (χ1n) is 11.4. The lowest BCUT2D eigenvalue weighted by atomic mass is 9.84. The van der Waals surface area contributed by atoms with Crippen LogP contribution in [0.1, 0.15) is 54.6 Å². The van der Waals surface area contributed by atoms with Gasteiger partial charge in [-0.1, -0.05) is 44.2 Å². The molecule has 3 aromatic rings. The number of ether oxygens (including phenoxy) is 1. The third-order valence-corrected chi connectivity index (χ3v) is 8.76. The molecule has 31 heavy (non-hydrogen) atoms. The van der Waals surface area contributed by atoms with Crippen molar-refractivity contribution in [3.8, 4) is 5.75 Å². The molecular formula is C27H37NO2S. The number of fused-ring (bicyclic) bond motifs is 1. The van der Waals surface area contributed by atoms with Gasteiger partial charge >= 0.3 is 0 Å². The number of nitrogens with zero attached hydrogens (tertiary/aromatic N) is 1. The average molecular weight is 440 g/mol. The third kappa shape index (κ3) is 4.51. The van der Waals surface area contributed by atoms with Gasteiger partial charge in [0, 0.05) is 24.4 Å². The minimum absolute atomic E-state index is 0.0187. The van der Waals surface area contributed by atoms with Gasteiger partial charge in [0.05, 0.1) is 7.11 Å². The van der Waals surface area contributed by atoms with Crippen molar-refractivity contribution in [2.45, 2.75) is 50.8 Å². The maximum absolute atomic E-state index is 5.96. The maximum atomic E-state index is 5.96. The molecule has 0 N–H and O–H groups in total. The van der Waals surface area contributed by atoms with Gasteiger partial charge < -0.3 is 9.15 Å². The maximum Gasteiger partial charge on any atom is 0.176 e. The van der Waals surface area contributed by atoms with E-state index in [-0.39, 0.29) is 10.9 Å². The van der Waals surface area contributed by atoms with Gasteiger partial charge in [-0.25, -0.2) is 0 Å². The van der Waals surface area contributed by atoms with Crippen LogP contribution in [0, 0.1) is 6.92 Å². The van der Waals surface area contributed by atoms with Crippen LogP contribution in [-0.4, -0.2) is 42.9 Å². The summed E-state index contributed by atoms with van der Waals surface area (Å²) < 4.78 is 11.5. The SMILES string of the molecule is COc1ccc(CN2CCC([SH](C)C)C(c3ccccc3C(C)C)C2)c2cc(C)oc12. The molecule has 4 rings (SSSR count). The van der Waals surface area contributed by atoms with Crippen molar-refractivity contribution in [3.63, 3.8) is 0 Å². The van der Waals surface area contributed by atoms with E-state index in [0.29, 0.717) is 11.8 Å².